The average Bonchev–Trinajstić information content (AvgIpc) is 2.68. The summed E-state index contributed by atoms with van der Waals surface area (Å²) in [6.07, 6.45) is 6.54. The molecular weight excluding hydrogens is 340 g/mol. The molecule has 0 saturated heterocycles. The molecule has 3 rings (SSSR count). The number of methoxy groups -OCH3 is 1. The lowest BCUT2D eigenvalue weighted by atomic mass is 9.95. The van der Waals surface area contributed by atoms with Crippen LogP contribution in [0.2, 0.25) is 0 Å². The van der Waals surface area contributed by atoms with Gasteiger partial charge in [0.15, 0.2) is 0 Å². The number of para-hydroxylation sites is 1. The van der Waals surface area contributed by atoms with Gasteiger partial charge in [-0.3, -0.25) is 4.79 Å². The monoisotopic (exact) mass is 368 g/mol. The molecule has 1 aromatic heterocycles. The highest BCUT2D eigenvalue weighted by molar-refractivity contribution is 5.93. The fraction of sp³-hybridized carbons (Fsp3) is 0.476. The predicted molar refractivity (Wildman–Crippen MR) is 106 cm³/mol. The number of rotatable bonds is 7. The molecule has 27 heavy (non-hydrogen) atoms. The van der Waals surface area contributed by atoms with E-state index in [2.05, 4.69) is 26.7 Å². The van der Waals surface area contributed by atoms with Crippen LogP contribution in [0.25, 0.3) is 0 Å². The van der Waals surface area contributed by atoms with E-state index in [0.717, 1.165) is 30.6 Å². The number of hydrogen-bond acceptors (Lipinski definition) is 5. The minimum Gasteiger partial charge on any atom is -0.496 e. The van der Waals surface area contributed by atoms with Crippen LogP contribution >= 0.6 is 0 Å². The van der Waals surface area contributed by atoms with E-state index in [9.17, 15) is 4.79 Å². The standard InChI is InChI=1S/C21H28N4O2/c1-15-23-18(21(26)25-17-9-4-3-5-10-17)14-20(24-15)22-13-12-16-8-6-7-11-19(16)27-2/h6-8,11,14,17H,3-5,9-10,12-13H2,1-2H3,(H,25,26)(H,22,23,24). The summed E-state index contributed by atoms with van der Waals surface area (Å²) in [5.41, 5.74) is 1.56. The third-order valence-corrected chi connectivity index (χ3v) is 4.90. The zero-order valence-electron chi connectivity index (χ0n) is 16.1. The lowest BCUT2D eigenvalue weighted by Gasteiger charge is -2.22. The van der Waals surface area contributed by atoms with Gasteiger partial charge in [0, 0.05) is 18.7 Å². The topological polar surface area (TPSA) is 76.1 Å². The number of carbonyl (C=O) groups excluding carboxylic acids is 1. The van der Waals surface area contributed by atoms with Crippen molar-refractivity contribution < 1.29 is 9.53 Å². The van der Waals surface area contributed by atoms with Gasteiger partial charge in [0.25, 0.3) is 5.91 Å². The SMILES string of the molecule is COc1ccccc1CCNc1cc(C(=O)NC2CCCCC2)nc(C)n1. The molecule has 1 aliphatic rings. The van der Waals surface area contributed by atoms with E-state index in [1.165, 1.54) is 19.3 Å². The van der Waals surface area contributed by atoms with Crippen molar-refractivity contribution in [2.45, 2.75) is 51.5 Å². The highest BCUT2D eigenvalue weighted by Gasteiger charge is 2.18. The molecule has 1 aromatic carbocycles. The van der Waals surface area contributed by atoms with Crippen molar-refractivity contribution in [1.82, 2.24) is 15.3 Å². The van der Waals surface area contributed by atoms with Gasteiger partial charge in [0.1, 0.15) is 23.1 Å². The number of ether oxygens (including phenoxy) is 1. The molecule has 6 heteroatoms. The van der Waals surface area contributed by atoms with E-state index < -0.39 is 0 Å². The van der Waals surface area contributed by atoms with Crippen LogP contribution in [0.15, 0.2) is 30.3 Å². The largest absolute Gasteiger partial charge is 0.496 e. The van der Waals surface area contributed by atoms with Crippen molar-refractivity contribution >= 4 is 11.7 Å². The fourth-order valence-corrected chi connectivity index (χ4v) is 3.52. The Morgan fingerprint density at radius 2 is 1.96 bits per heavy atom. The van der Waals surface area contributed by atoms with Crippen molar-refractivity contribution in [3.63, 3.8) is 0 Å². The van der Waals surface area contributed by atoms with E-state index in [-0.39, 0.29) is 11.9 Å². The van der Waals surface area contributed by atoms with Crippen LogP contribution in [0.3, 0.4) is 0 Å². The molecule has 1 aliphatic carbocycles. The fourth-order valence-electron chi connectivity index (χ4n) is 3.52. The molecule has 2 aromatic rings. The Bertz CT molecular complexity index is 773. The smallest absolute Gasteiger partial charge is 0.270 e. The molecule has 0 aliphatic heterocycles. The molecule has 1 saturated carbocycles. The number of benzene rings is 1. The highest BCUT2D eigenvalue weighted by Crippen LogP contribution is 2.19. The maximum Gasteiger partial charge on any atom is 0.270 e. The molecule has 0 atom stereocenters. The van der Waals surface area contributed by atoms with Crippen LogP contribution in [0, 0.1) is 6.92 Å². The molecule has 144 valence electrons. The van der Waals surface area contributed by atoms with Crippen LogP contribution in [-0.4, -0.2) is 35.6 Å². The Balaban J connectivity index is 1.60. The van der Waals surface area contributed by atoms with Crippen LogP contribution in [0.4, 0.5) is 5.82 Å². The zero-order valence-corrected chi connectivity index (χ0v) is 16.1. The van der Waals surface area contributed by atoms with Crippen LogP contribution < -0.4 is 15.4 Å². The minimum absolute atomic E-state index is 0.111. The molecule has 6 nitrogen and oxygen atoms in total. The van der Waals surface area contributed by atoms with Gasteiger partial charge in [0.2, 0.25) is 0 Å². The first-order chi connectivity index (χ1) is 13.2. The molecule has 2 N–H and O–H groups in total. The van der Waals surface area contributed by atoms with Gasteiger partial charge in [-0.05, 0) is 37.8 Å². The van der Waals surface area contributed by atoms with E-state index in [4.69, 9.17) is 4.74 Å². The molecular formula is C21H28N4O2. The maximum absolute atomic E-state index is 12.6. The number of anilines is 1. The second-order valence-corrected chi connectivity index (χ2v) is 6.98. The number of nitrogens with zero attached hydrogens (tertiary/aromatic N) is 2. The van der Waals surface area contributed by atoms with Gasteiger partial charge in [-0.25, -0.2) is 9.97 Å². The normalized spacial score (nSPS) is 14.6. The summed E-state index contributed by atoms with van der Waals surface area (Å²) in [6.45, 7) is 2.50. The Morgan fingerprint density at radius 3 is 2.74 bits per heavy atom. The molecule has 1 amide bonds. The minimum atomic E-state index is -0.111. The second kappa shape index (κ2) is 9.35. The summed E-state index contributed by atoms with van der Waals surface area (Å²) in [5, 5.41) is 6.41. The number of aryl methyl sites for hydroxylation is 1. The highest BCUT2D eigenvalue weighted by atomic mass is 16.5. The van der Waals surface area contributed by atoms with Crippen molar-refractivity contribution in [2.75, 3.05) is 19.0 Å². The van der Waals surface area contributed by atoms with E-state index in [1.807, 2.05) is 25.1 Å². The first kappa shape index (κ1) is 19.1. The third-order valence-electron chi connectivity index (χ3n) is 4.90. The summed E-state index contributed by atoms with van der Waals surface area (Å²) in [4.78, 5) is 21.3. The van der Waals surface area contributed by atoms with E-state index >= 15 is 0 Å². The maximum atomic E-state index is 12.6. The predicted octanol–water partition coefficient (Wildman–Crippen LogP) is 3.51. The molecule has 0 spiro atoms. The Kier molecular flexibility index (Phi) is 6.63. The van der Waals surface area contributed by atoms with Crippen molar-refractivity contribution in [3.8, 4) is 5.75 Å². The summed E-state index contributed by atoms with van der Waals surface area (Å²) >= 11 is 0. The van der Waals surface area contributed by atoms with Crippen LogP contribution in [0.5, 0.6) is 5.75 Å². The molecule has 0 radical (unpaired) electrons. The lowest BCUT2D eigenvalue weighted by molar-refractivity contribution is 0.0922. The van der Waals surface area contributed by atoms with Crippen molar-refractivity contribution in [3.05, 3.63) is 47.4 Å². The molecule has 0 unspecified atom stereocenters. The number of aromatic nitrogens is 2. The first-order valence-corrected chi connectivity index (χ1v) is 9.68. The third kappa shape index (κ3) is 5.42. The Labute approximate surface area is 160 Å². The van der Waals surface area contributed by atoms with Crippen LogP contribution in [0.1, 0.15) is 54.0 Å². The first-order valence-electron chi connectivity index (χ1n) is 9.68. The van der Waals surface area contributed by atoms with Gasteiger partial charge < -0.3 is 15.4 Å². The molecule has 0 bridgehead atoms. The van der Waals surface area contributed by atoms with Gasteiger partial charge in [-0.1, -0.05) is 37.5 Å². The Morgan fingerprint density at radius 1 is 1.19 bits per heavy atom. The van der Waals surface area contributed by atoms with Crippen molar-refractivity contribution in [1.29, 1.82) is 0 Å². The quantitative estimate of drug-likeness (QED) is 0.782. The average molecular weight is 368 g/mol. The second-order valence-electron chi connectivity index (χ2n) is 6.98. The van der Waals surface area contributed by atoms with E-state index in [0.29, 0.717) is 23.9 Å². The summed E-state index contributed by atoms with van der Waals surface area (Å²) in [7, 11) is 1.68. The number of amides is 1. The van der Waals surface area contributed by atoms with Gasteiger partial charge in [-0.15, -0.1) is 0 Å². The Hall–Kier alpha value is -2.63. The summed E-state index contributed by atoms with van der Waals surface area (Å²) < 4.78 is 5.38. The van der Waals surface area contributed by atoms with Gasteiger partial charge in [-0.2, -0.15) is 0 Å². The molecule has 1 heterocycles. The van der Waals surface area contributed by atoms with Crippen LogP contribution in [-0.2, 0) is 6.42 Å². The lowest BCUT2D eigenvalue weighted by Crippen LogP contribution is -2.36. The van der Waals surface area contributed by atoms with E-state index in [1.54, 1.807) is 13.2 Å². The summed E-state index contributed by atoms with van der Waals surface area (Å²) in [5.74, 6) is 2.03. The van der Waals surface area contributed by atoms with Gasteiger partial charge in [0.05, 0.1) is 7.11 Å². The van der Waals surface area contributed by atoms with Crippen molar-refractivity contribution in [2.24, 2.45) is 0 Å². The number of nitrogens with one attached hydrogen (secondary N) is 2. The zero-order chi connectivity index (χ0) is 19.1. The summed E-state index contributed by atoms with van der Waals surface area (Å²) in [6, 6.07) is 9.96. The number of hydrogen-bond donors (Lipinski definition) is 2. The molecule has 1 fully saturated rings. The van der Waals surface area contributed by atoms with Gasteiger partial charge >= 0.3 is 0 Å². The number of carbonyl (C=O) groups is 1.